The van der Waals surface area contributed by atoms with E-state index in [1.165, 1.54) is 4.90 Å². The largest absolute Gasteiger partial charge is 0.314 e. The molecular weight excluding hydrogens is 286 g/mol. The molecule has 4 nitrogen and oxygen atoms in total. The zero-order valence-corrected chi connectivity index (χ0v) is 12.4. The van der Waals surface area contributed by atoms with Crippen molar-refractivity contribution in [2.45, 2.75) is 16.6 Å². The van der Waals surface area contributed by atoms with Crippen molar-refractivity contribution < 1.29 is 13.2 Å². The van der Waals surface area contributed by atoms with Crippen molar-refractivity contribution in [1.82, 2.24) is 0 Å². The molecule has 1 aliphatic rings. The monoisotopic (exact) mass is 301 g/mol. The summed E-state index contributed by atoms with van der Waals surface area (Å²) in [4.78, 5) is 14.0. The van der Waals surface area contributed by atoms with E-state index < -0.39 is 15.1 Å². The molecule has 1 unspecified atom stereocenters. The highest BCUT2D eigenvalue weighted by atomic mass is 32.2. The Labute approximate surface area is 123 Å². The van der Waals surface area contributed by atoms with E-state index in [0.29, 0.717) is 11.3 Å². The zero-order valence-electron chi connectivity index (χ0n) is 11.6. The third kappa shape index (κ3) is 2.23. The van der Waals surface area contributed by atoms with Crippen LogP contribution in [0.15, 0.2) is 59.5 Å². The Hall–Kier alpha value is -2.14. The molecule has 0 aliphatic carbocycles. The van der Waals surface area contributed by atoms with E-state index >= 15 is 0 Å². The van der Waals surface area contributed by atoms with Crippen LogP contribution in [0.3, 0.4) is 0 Å². The predicted octanol–water partition coefficient (Wildman–Crippen LogP) is 2.57. The molecule has 5 heteroatoms. The Kier molecular flexibility index (Phi) is 3.29. The molecule has 3 rings (SSSR count). The van der Waals surface area contributed by atoms with E-state index in [-0.39, 0.29) is 17.2 Å². The fourth-order valence-corrected chi connectivity index (χ4v) is 4.58. The number of anilines is 1. The Balaban J connectivity index is 2.24. The van der Waals surface area contributed by atoms with E-state index in [2.05, 4.69) is 0 Å². The van der Waals surface area contributed by atoms with Crippen LogP contribution >= 0.6 is 0 Å². The Morgan fingerprint density at radius 1 is 1.00 bits per heavy atom. The van der Waals surface area contributed by atoms with Crippen LogP contribution < -0.4 is 4.90 Å². The molecule has 0 radical (unpaired) electrons. The van der Waals surface area contributed by atoms with Crippen LogP contribution in [0.25, 0.3) is 0 Å². The molecule has 1 heterocycles. The van der Waals surface area contributed by atoms with Gasteiger partial charge in [0.2, 0.25) is 5.91 Å². The molecule has 0 bridgehead atoms. The third-order valence-corrected chi connectivity index (χ3v) is 5.96. The van der Waals surface area contributed by atoms with Crippen LogP contribution in [0.1, 0.15) is 17.2 Å². The number of rotatable bonds is 1. The highest BCUT2D eigenvalue weighted by Crippen LogP contribution is 2.39. The molecule has 1 amide bonds. The molecule has 108 valence electrons. The number of hydrogen-bond acceptors (Lipinski definition) is 3. The molecule has 0 saturated carbocycles. The summed E-state index contributed by atoms with van der Waals surface area (Å²) in [5.41, 5.74) is 1.09. The van der Waals surface area contributed by atoms with Crippen molar-refractivity contribution in [3.05, 3.63) is 60.2 Å². The number of carbonyl (C=O) groups excluding carboxylic acids is 1. The molecule has 1 atom stereocenters. The van der Waals surface area contributed by atoms with Crippen molar-refractivity contribution in [2.24, 2.45) is 0 Å². The Morgan fingerprint density at radius 2 is 1.62 bits per heavy atom. The average molecular weight is 301 g/mol. The second kappa shape index (κ2) is 5.00. The van der Waals surface area contributed by atoms with Gasteiger partial charge in [0.15, 0.2) is 9.84 Å². The Morgan fingerprint density at radius 3 is 2.33 bits per heavy atom. The van der Waals surface area contributed by atoms with Crippen LogP contribution in [0.5, 0.6) is 0 Å². The number of carbonyl (C=O) groups is 1. The second-order valence-corrected chi connectivity index (χ2v) is 7.17. The maximum Gasteiger partial charge on any atom is 0.228 e. The number of amides is 1. The van der Waals surface area contributed by atoms with E-state index in [9.17, 15) is 13.2 Å². The van der Waals surface area contributed by atoms with E-state index in [1.54, 1.807) is 55.6 Å². The number of fused-ring (bicyclic) bond motifs is 1. The van der Waals surface area contributed by atoms with Crippen molar-refractivity contribution >= 4 is 21.4 Å². The highest BCUT2D eigenvalue weighted by molar-refractivity contribution is 7.92. The minimum absolute atomic E-state index is 0.0441. The molecule has 1 aliphatic heterocycles. The molecule has 0 saturated heterocycles. The molecule has 0 spiro atoms. The first-order valence-electron chi connectivity index (χ1n) is 6.66. The normalized spacial score (nSPS) is 20.7. The standard InChI is InChI=1S/C16H15NO3S/c1-17-13-9-5-6-10-14(13)21(19,20)15(11-16(17)18)12-7-3-2-4-8-12/h2-10,15H,11H2,1H3. The summed E-state index contributed by atoms with van der Waals surface area (Å²) < 4.78 is 25.9. The van der Waals surface area contributed by atoms with Crippen molar-refractivity contribution in [3.63, 3.8) is 0 Å². The summed E-state index contributed by atoms with van der Waals surface area (Å²) in [5, 5.41) is -0.836. The van der Waals surface area contributed by atoms with Gasteiger partial charge in [-0.2, -0.15) is 0 Å². The number of benzene rings is 2. The van der Waals surface area contributed by atoms with Gasteiger partial charge in [-0.05, 0) is 17.7 Å². The summed E-state index contributed by atoms with van der Waals surface area (Å²) in [6.07, 6.45) is -0.0441. The summed E-state index contributed by atoms with van der Waals surface area (Å²) in [6, 6.07) is 15.6. The quantitative estimate of drug-likeness (QED) is 0.813. The van der Waals surface area contributed by atoms with Crippen LogP contribution in [-0.2, 0) is 14.6 Å². The fraction of sp³-hybridized carbons (Fsp3) is 0.188. The summed E-state index contributed by atoms with van der Waals surface area (Å²) in [5.74, 6) is -0.197. The lowest BCUT2D eigenvalue weighted by Crippen LogP contribution is -2.26. The SMILES string of the molecule is CN1C(=O)CC(c2ccccc2)S(=O)(=O)c2ccccc21. The van der Waals surface area contributed by atoms with Gasteiger partial charge in [-0.15, -0.1) is 0 Å². The lowest BCUT2D eigenvalue weighted by Gasteiger charge is -2.15. The lowest BCUT2D eigenvalue weighted by molar-refractivity contribution is -0.118. The van der Waals surface area contributed by atoms with Gasteiger partial charge in [-0.25, -0.2) is 8.42 Å². The smallest absolute Gasteiger partial charge is 0.228 e. The first-order valence-corrected chi connectivity index (χ1v) is 8.21. The van der Waals surface area contributed by atoms with Crippen LogP contribution in [0.4, 0.5) is 5.69 Å². The number of sulfone groups is 1. The number of hydrogen-bond donors (Lipinski definition) is 0. The minimum Gasteiger partial charge on any atom is -0.314 e. The van der Waals surface area contributed by atoms with E-state index in [4.69, 9.17) is 0 Å². The summed E-state index contributed by atoms with van der Waals surface area (Å²) in [6.45, 7) is 0. The minimum atomic E-state index is -3.60. The van der Waals surface area contributed by atoms with Gasteiger partial charge in [0.25, 0.3) is 0 Å². The van der Waals surface area contributed by atoms with Crippen LogP contribution in [-0.4, -0.2) is 21.4 Å². The average Bonchev–Trinajstić information content (AvgIpc) is 2.58. The number of para-hydroxylation sites is 1. The van der Waals surface area contributed by atoms with Gasteiger partial charge < -0.3 is 4.90 Å². The second-order valence-electron chi connectivity index (χ2n) is 5.07. The molecule has 21 heavy (non-hydrogen) atoms. The maximum absolute atomic E-state index is 12.9. The summed E-state index contributed by atoms with van der Waals surface area (Å²) >= 11 is 0. The molecule has 0 aromatic heterocycles. The van der Waals surface area contributed by atoms with E-state index in [1.807, 2.05) is 6.07 Å². The third-order valence-electron chi connectivity index (χ3n) is 3.81. The predicted molar refractivity (Wildman–Crippen MR) is 80.8 cm³/mol. The first kappa shape index (κ1) is 13.8. The van der Waals surface area contributed by atoms with Gasteiger partial charge in [-0.1, -0.05) is 42.5 Å². The van der Waals surface area contributed by atoms with Gasteiger partial charge in [0.05, 0.1) is 15.8 Å². The highest BCUT2D eigenvalue weighted by Gasteiger charge is 2.37. The number of nitrogens with zero attached hydrogens (tertiary/aromatic N) is 1. The molecule has 2 aromatic rings. The van der Waals surface area contributed by atoms with Crippen LogP contribution in [0, 0.1) is 0 Å². The van der Waals surface area contributed by atoms with Gasteiger partial charge >= 0.3 is 0 Å². The summed E-state index contributed by atoms with van der Waals surface area (Å²) in [7, 11) is -1.99. The van der Waals surface area contributed by atoms with Crippen LogP contribution in [0.2, 0.25) is 0 Å². The van der Waals surface area contributed by atoms with E-state index in [0.717, 1.165) is 0 Å². The molecule has 2 aromatic carbocycles. The van der Waals surface area contributed by atoms with Crippen molar-refractivity contribution in [1.29, 1.82) is 0 Å². The molecular formula is C16H15NO3S. The first-order chi connectivity index (χ1) is 10.0. The zero-order chi connectivity index (χ0) is 15.0. The van der Waals surface area contributed by atoms with Crippen molar-refractivity contribution in [2.75, 3.05) is 11.9 Å². The lowest BCUT2D eigenvalue weighted by atomic mass is 10.1. The van der Waals surface area contributed by atoms with Gasteiger partial charge in [-0.3, -0.25) is 4.79 Å². The maximum atomic E-state index is 12.9. The topological polar surface area (TPSA) is 54.5 Å². The van der Waals surface area contributed by atoms with Gasteiger partial charge in [0.1, 0.15) is 0 Å². The van der Waals surface area contributed by atoms with Gasteiger partial charge in [0, 0.05) is 13.5 Å². The molecule has 0 fully saturated rings. The Bertz CT molecular complexity index is 784. The molecule has 0 N–H and O–H groups in total. The van der Waals surface area contributed by atoms with Crippen molar-refractivity contribution in [3.8, 4) is 0 Å². The fourth-order valence-electron chi connectivity index (χ4n) is 2.63.